The summed E-state index contributed by atoms with van der Waals surface area (Å²) < 4.78 is 6.00. The zero-order valence-corrected chi connectivity index (χ0v) is 18.2. The largest absolute Gasteiger partial charge is 0.379 e. The minimum atomic E-state index is -0.103. The van der Waals surface area contributed by atoms with Crippen molar-refractivity contribution in [2.75, 3.05) is 25.1 Å². The second-order valence-electron chi connectivity index (χ2n) is 9.98. The lowest BCUT2D eigenvalue weighted by Crippen LogP contribution is -2.57. The normalized spacial score (nSPS) is 35.4. The van der Waals surface area contributed by atoms with Gasteiger partial charge in [0.1, 0.15) is 0 Å². The molecule has 1 aromatic rings. The number of hydrogen-bond donors (Lipinski definition) is 1. The van der Waals surface area contributed by atoms with Crippen LogP contribution >= 0.6 is 0 Å². The molecule has 7 heteroatoms. The number of ether oxygens (including phenoxy) is 1. The summed E-state index contributed by atoms with van der Waals surface area (Å²) in [6.07, 6.45) is 12.2. The predicted octanol–water partition coefficient (Wildman–Crippen LogP) is 2.13. The monoisotopic (exact) mass is 413 g/mol. The van der Waals surface area contributed by atoms with E-state index in [1.807, 2.05) is 26.4 Å². The highest BCUT2D eigenvalue weighted by atomic mass is 16.5. The van der Waals surface area contributed by atoms with Crippen LogP contribution in [0.2, 0.25) is 0 Å². The smallest absolute Gasteiger partial charge is 0.235 e. The highest BCUT2D eigenvalue weighted by molar-refractivity contribution is 5.80. The molecule has 0 aromatic carbocycles. The molecule has 6 atom stereocenters. The lowest BCUT2D eigenvalue weighted by Gasteiger charge is -2.48. The fraction of sp³-hybridized carbons (Fsp3) is 0.783. The van der Waals surface area contributed by atoms with Crippen molar-refractivity contribution in [3.05, 3.63) is 18.0 Å². The van der Waals surface area contributed by atoms with Gasteiger partial charge < -0.3 is 15.4 Å². The Morgan fingerprint density at radius 2 is 1.80 bits per heavy atom. The molecule has 30 heavy (non-hydrogen) atoms. The number of amides is 1. The van der Waals surface area contributed by atoms with Gasteiger partial charge >= 0.3 is 0 Å². The van der Waals surface area contributed by atoms with Gasteiger partial charge in [-0.2, -0.15) is 0 Å². The number of carbonyl (C=O) groups excluding carboxylic acids is 1. The number of carbonyl (C=O) groups is 1. The molecule has 1 aromatic heterocycles. The second kappa shape index (κ2) is 8.08. The first kappa shape index (κ1) is 20.2. The van der Waals surface area contributed by atoms with Crippen LogP contribution in [-0.2, 0) is 9.53 Å². The Bertz CT molecular complexity index is 753. The first-order valence-corrected chi connectivity index (χ1v) is 11.7. The van der Waals surface area contributed by atoms with Crippen LogP contribution in [-0.4, -0.2) is 65.2 Å². The molecule has 1 amide bonds. The Hall–Kier alpha value is -1.73. The summed E-state index contributed by atoms with van der Waals surface area (Å²) in [4.78, 5) is 26.1. The molecule has 1 aliphatic carbocycles. The van der Waals surface area contributed by atoms with Gasteiger partial charge in [-0.05, 0) is 75.2 Å². The Kier molecular flexibility index (Phi) is 5.44. The van der Waals surface area contributed by atoms with Gasteiger partial charge in [-0.1, -0.05) is 0 Å². The molecule has 3 aliphatic heterocycles. The summed E-state index contributed by atoms with van der Waals surface area (Å²) in [7, 11) is 1.84. The number of rotatable bonds is 6. The quantitative estimate of drug-likeness (QED) is 0.769. The molecule has 4 aliphatic rings. The highest BCUT2D eigenvalue weighted by Gasteiger charge is 2.51. The summed E-state index contributed by atoms with van der Waals surface area (Å²) in [5.74, 6) is 2.44. The molecule has 4 heterocycles. The van der Waals surface area contributed by atoms with E-state index in [2.05, 4.69) is 19.8 Å². The van der Waals surface area contributed by atoms with Crippen molar-refractivity contribution in [3.63, 3.8) is 0 Å². The first-order valence-electron chi connectivity index (χ1n) is 11.7. The predicted molar refractivity (Wildman–Crippen MR) is 115 cm³/mol. The first-order chi connectivity index (χ1) is 14.5. The minimum Gasteiger partial charge on any atom is -0.379 e. The SMILES string of the molecule is CO[C@@H]1CN(c2ncc(C)cn2)CC[C@@H]1C1C[C@H]2CC[C@@H](C1)N2[C@@H](C(N)=O)C1CC1. The summed E-state index contributed by atoms with van der Waals surface area (Å²) in [6, 6.07) is 1.01. The lowest BCUT2D eigenvalue weighted by molar-refractivity contribution is -0.127. The number of aryl methyl sites for hydroxylation is 1. The number of anilines is 1. The molecule has 1 unspecified atom stereocenters. The molecular weight excluding hydrogens is 378 g/mol. The van der Waals surface area contributed by atoms with Crippen LogP contribution in [0.3, 0.4) is 0 Å². The number of aromatic nitrogens is 2. The Morgan fingerprint density at radius 1 is 1.13 bits per heavy atom. The summed E-state index contributed by atoms with van der Waals surface area (Å²) >= 11 is 0. The van der Waals surface area contributed by atoms with Crippen LogP contribution < -0.4 is 10.6 Å². The number of nitrogens with two attached hydrogens (primary N) is 1. The number of hydrogen-bond acceptors (Lipinski definition) is 6. The molecule has 2 bridgehead atoms. The van der Waals surface area contributed by atoms with Crippen LogP contribution in [0.1, 0.15) is 50.5 Å². The summed E-state index contributed by atoms with van der Waals surface area (Å²) in [5, 5.41) is 0. The van der Waals surface area contributed by atoms with E-state index in [4.69, 9.17) is 10.5 Å². The fourth-order valence-corrected chi connectivity index (χ4v) is 6.55. The topological polar surface area (TPSA) is 84.6 Å². The molecule has 0 radical (unpaired) electrons. The molecule has 1 saturated carbocycles. The van der Waals surface area contributed by atoms with Crippen molar-refractivity contribution in [2.24, 2.45) is 23.5 Å². The van der Waals surface area contributed by atoms with E-state index >= 15 is 0 Å². The maximum absolute atomic E-state index is 12.2. The van der Waals surface area contributed by atoms with Crippen molar-refractivity contribution in [3.8, 4) is 0 Å². The van der Waals surface area contributed by atoms with Crippen LogP contribution in [0.5, 0.6) is 0 Å². The zero-order valence-electron chi connectivity index (χ0n) is 18.2. The molecule has 7 nitrogen and oxygen atoms in total. The number of methoxy groups -OCH3 is 1. The lowest BCUT2D eigenvalue weighted by atomic mass is 9.74. The molecule has 2 N–H and O–H groups in total. The summed E-state index contributed by atoms with van der Waals surface area (Å²) in [5.41, 5.74) is 6.93. The van der Waals surface area contributed by atoms with Crippen LogP contribution in [0.25, 0.3) is 0 Å². The van der Waals surface area contributed by atoms with Gasteiger partial charge in [-0.3, -0.25) is 9.69 Å². The molecule has 0 spiro atoms. The Balaban J connectivity index is 1.26. The standard InChI is InChI=1S/C23H35N5O2/c1-14-11-25-23(26-12-14)27-8-7-19(20(13-27)30-2)16-9-17-5-6-18(10-16)28(17)21(22(24)29)15-3-4-15/h11-12,15-21H,3-10,13H2,1-2H3,(H2,24,29)/t16?,17-,18+,19-,20-,21-/m1/s1. The van der Waals surface area contributed by atoms with Crippen molar-refractivity contribution >= 4 is 11.9 Å². The molecule has 4 fully saturated rings. The van der Waals surface area contributed by atoms with Crippen LogP contribution in [0.15, 0.2) is 12.4 Å². The maximum atomic E-state index is 12.2. The molecule has 3 saturated heterocycles. The van der Waals surface area contributed by atoms with Gasteiger partial charge in [0.25, 0.3) is 0 Å². The molecule has 164 valence electrons. The van der Waals surface area contributed by atoms with Crippen molar-refractivity contribution in [2.45, 2.75) is 76.1 Å². The third-order valence-corrected chi connectivity index (χ3v) is 8.08. The van der Waals surface area contributed by atoms with Gasteiger partial charge in [-0.25, -0.2) is 9.97 Å². The van der Waals surface area contributed by atoms with Crippen molar-refractivity contribution < 1.29 is 9.53 Å². The van der Waals surface area contributed by atoms with Gasteiger partial charge in [0.15, 0.2) is 0 Å². The van der Waals surface area contributed by atoms with Gasteiger partial charge in [0, 0.05) is 44.7 Å². The average molecular weight is 414 g/mol. The van der Waals surface area contributed by atoms with E-state index in [1.54, 1.807) is 0 Å². The second-order valence-corrected chi connectivity index (χ2v) is 9.98. The molecular formula is C23H35N5O2. The maximum Gasteiger partial charge on any atom is 0.235 e. The third kappa shape index (κ3) is 3.71. The van der Waals surface area contributed by atoms with Gasteiger partial charge in [0.2, 0.25) is 11.9 Å². The van der Waals surface area contributed by atoms with Crippen LogP contribution in [0.4, 0.5) is 5.95 Å². The van der Waals surface area contributed by atoms with Gasteiger partial charge in [-0.15, -0.1) is 0 Å². The minimum absolute atomic E-state index is 0.0257. The number of primary amides is 1. The van der Waals surface area contributed by atoms with Crippen molar-refractivity contribution in [1.29, 1.82) is 0 Å². The Morgan fingerprint density at radius 3 is 2.37 bits per heavy atom. The number of piperidine rings is 2. The van der Waals surface area contributed by atoms with E-state index in [-0.39, 0.29) is 18.1 Å². The van der Waals surface area contributed by atoms with Gasteiger partial charge in [0.05, 0.1) is 12.1 Å². The molecule has 5 rings (SSSR count). The van der Waals surface area contributed by atoms with E-state index in [0.717, 1.165) is 43.9 Å². The summed E-state index contributed by atoms with van der Waals surface area (Å²) in [6.45, 7) is 3.85. The number of nitrogens with zero attached hydrogens (tertiary/aromatic N) is 4. The van der Waals surface area contributed by atoms with E-state index in [0.29, 0.717) is 29.8 Å². The third-order valence-electron chi connectivity index (χ3n) is 8.08. The van der Waals surface area contributed by atoms with E-state index in [1.165, 1.54) is 25.7 Å². The van der Waals surface area contributed by atoms with E-state index < -0.39 is 0 Å². The Labute approximate surface area is 179 Å². The average Bonchev–Trinajstić information content (AvgIpc) is 3.54. The number of fused-ring (bicyclic) bond motifs is 2. The fourth-order valence-electron chi connectivity index (χ4n) is 6.55. The van der Waals surface area contributed by atoms with E-state index in [9.17, 15) is 4.79 Å². The van der Waals surface area contributed by atoms with Crippen molar-refractivity contribution in [1.82, 2.24) is 14.9 Å². The zero-order chi connectivity index (χ0) is 20.8. The highest BCUT2D eigenvalue weighted by Crippen LogP contribution is 2.48. The van der Waals surface area contributed by atoms with Crippen LogP contribution in [0, 0.1) is 24.7 Å².